The van der Waals surface area contributed by atoms with Crippen LogP contribution in [-0.2, 0) is 12.8 Å². The van der Waals surface area contributed by atoms with Crippen molar-refractivity contribution in [1.82, 2.24) is 14.9 Å². The number of piperazine rings is 1. The van der Waals surface area contributed by atoms with Crippen LogP contribution in [0, 0.1) is 5.92 Å². The van der Waals surface area contributed by atoms with Crippen LogP contribution in [0.5, 0.6) is 0 Å². The molecule has 2 aromatic heterocycles. The molecule has 5 nitrogen and oxygen atoms in total. The summed E-state index contributed by atoms with van der Waals surface area (Å²) in [5, 5.41) is 1.27. The number of aromatic nitrogens is 2. The molecule has 0 bridgehead atoms. The Morgan fingerprint density at radius 1 is 0.946 bits per heavy atom. The van der Waals surface area contributed by atoms with Gasteiger partial charge in [0.1, 0.15) is 16.5 Å². The molecule has 2 aromatic carbocycles. The minimum Gasteiger partial charge on any atom is -0.352 e. The van der Waals surface area contributed by atoms with E-state index in [1.54, 1.807) is 0 Å². The van der Waals surface area contributed by atoms with Crippen LogP contribution in [0.25, 0.3) is 21.3 Å². The van der Waals surface area contributed by atoms with Crippen LogP contribution in [-0.4, -0.2) is 47.0 Å². The molecule has 2 aliphatic rings. The van der Waals surface area contributed by atoms with E-state index in [0.717, 1.165) is 65.0 Å². The Labute approximate surface area is 223 Å². The third-order valence-electron chi connectivity index (χ3n) is 7.78. The van der Waals surface area contributed by atoms with Crippen LogP contribution < -0.4 is 4.90 Å². The first-order valence-corrected chi connectivity index (χ1v) is 14.3. The van der Waals surface area contributed by atoms with Crippen LogP contribution in [0.4, 0.5) is 5.82 Å². The van der Waals surface area contributed by atoms with E-state index >= 15 is 0 Å². The number of rotatable bonds is 4. The molecule has 1 aliphatic carbocycles. The molecule has 1 atom stereocenters. The van der Waals surface area contributed by atoms with E-state index in [0.29, 0.717) is 13.1 Å². The maximum atomic E-state index is 13.3. The van der Waals surface area contributed by atoms with Gasteiger partial charge in [0.15, 0.2) is 0 Å². The Bertz CT molecular complexity index is 1420. The average Bonchev–Trinajstić information content (AvgIpc) is 3.30. The van der Waals surface area contributed by atoms with Gasteiger partial charge in [-0.15, -0.1) is 11.3 Å². The molecule has 0 saturated carbocycles. The zero-order valence-electron chi connectivity index (χ0n) is 21.9. The maximum Gasteiger partial charge on any atom is 0.253 e. The van der Waals surface area contributed by atoms with Gasteiger partial charge in [0.2, 0.25) is 0 Å². The summed E-state index contributed by atoms with van der Waals surface area (Å²) < 4.78 is 0. The maximum absolute atomic E-state index is 13.3. The lowest BCUT2D eigenvalue weighted by Gasteiger charge is -2.36. The Morgan fingerprint density at radius 2 is 1.65 bits per heavy atom. The molecule has 190 valence electrons. The molecule has 0 N–H and O–H groups in total. The van der Waals surface area contributed by atoms with Crippen LogP contribution in [0.1, 0.15) is 59.7 Å². The van der Waals surface area contributed by atoms with Crippen molar-refractivity contribution in [2.24, 2.45) is 5.92 Å². The summed E-state index contributed by atoms with van der Waals surface area (Å²) in [6, 6.07) is 18.3. The molecule has 37 heavy (non-hydrogen) atoms. The minimum absolute atomic E-state index is 0.108. The Hall–Kier alpha value is -3.25. The average molecular weight is 511 g/mol. The topological polar surface area (TPSA) is 49.3 Å². The number of hydrogen-bond donors (Lipinski definition) is 0. The van der Waals surface area contributed by atoms with Gasteiger partial charge in [-0.05, 0) is 54.0 Å². The summed E-state index contributed by atoms with van der Waals surface area (Å²) in [4.78, 5) is 30.4. The van der Waals surface area contributed by atoms with E-state index in [9.17, 15) is 4.79 Å². The Morgan fingerprint density at radius 3 is 2.35 bits per heavy atom. The molecular formula is C31H34N4OS. The highest BCUT2D eigenvalue weighted by atomic mass is 32.1. The van der Waals surface area contributed by atoms with Gasteiger partial charge in [0, 0.05) is 42.5 Å². The highest BCUT2D eigenvalue weighted by Gasteiger charge is 2.29. The summed E-state index contributed by atoms with van der Waals surface area (Å²) in [7, 11) is 0. The fraction of sp³-hybridized carbons (Fsp3) is 0.387. The van der Waals surface area contributed by atoms with Crippen molar-refractivity contribution < 1.29 is 4.79 Å². The summed E-state index contributed by atoms with van der Waals surface area (Å²) >= 11 is 1.87. The first kappa shape index (κ1) is 24.1. The molecule has 3 heterocycles. The number of hydrogen-bond acceptors (Lipinski definition) is 5. The molecule has 0 spiro atoms. The molecular weight excluding hydrogens is 476 g/mol. The number of carbonyl (C=O) groups excluding carboxylic acids is 1. The van der Waals surface area contributed by atoms with E-state index in [2.05, 4.69) is 37.8 Å². The van der Waals surface area contributed by atoms with Gasteiger partial charge in [-0.25, -0.2) is 9.97 Å². The normalized spacial score (nSPS) is 17.9. The van der Waals surface area contributed by atoms with Crippen molar-refractivity contribution in [3.05, 3.63) is 76.4 Å². The SMILES string of the molecule is CC1CCc2c(sc3nc(C(C)C)nc(N4CCN(C(=O)c5ccc(-c6ccccc6)cc5)CC4)c23)C1. The van der Waals surface area contributed by atoms with Gasteiger partial charge >= 0.3 is 0 Å². The van der Waals surface area contributed by atoms with Gasteiger partial charge in [0.05, 0.1) is 5.39 Å². The number of amides is 1. The number of carbonyl (C=O) groups is 1. The van der Waals surface area contributed by atoms with Gasteiger partial charge in [-0.2, -0.15) is 0 Å². The molecule has 0 radical (unpaired) electrons. The van der Waals surface area contributed by atoms with Gasteiger partial charge in [-0.3, -0.25) is 4.79 Å². The van der Waals surface area contributed by atoms with Gasteiger partial charge in [-0.1, -0.05) is 63.2 Å². The third kappa shape index (κ3) is 4.63. The second-order valence-corrected chi connectivity index (χ2v) is 11.9. The van der Waals surface area contributed by atoms with Crippen LogP contribution in [0.3, 0.4) is 0 Å². The summed E-state index contributed by atoms with van der Waals surface area (Å²) in [6.07, 6.45) is 3.50. The van der Waals surface area contributed by atoms with Crippen LogP contribution in [0.15, 0.2) is 54.6 Å². The van der Waals surface area contributed by atoms with Crippen molar-refractivity contribution in [2.45, 2.75) is 46.0 Å². The Kier molecular flexibility index (Phi) is 6.45. The highest BCUT2D eigenvalue weighted by molar-refractivity contribution is 7.19. The molecule has 1 aliphatic heterocycles. The number of aryl methyl sites for hydroxylation is 1. The number of anilines is 1. The summed E-state index contributed by atoms with van der Waals surface area (Å²) in [6.45, 7) is 9.67. The predicted molar refractivity (Wildman–Crippen MR) is 153 cm³/mol. The van der Waals surface area contributed by atoms with Crippen LogP contribution >= 0.6 is 11.3 Å². The standard InChI is InChI=1S/C31H34N4OS/c1-20(2)28-32-29(27-25-14-9-21(3)19-26(25)37-30(27)33-28)34-15-17-35(18-16-34)31(36)24-12-10-23(11-13-24)22-7-5-4-6-8-22/h4-8,10-13,20-21H,9,14-19H2,1-3H3. The number of nitrogens with zero attached hydrogens (tertiary/aromatic N) is 4. The van der Waals surface area contributed by atoms with Crippen molar-refractivity contribution in [1.29, 1.82) is 0 Å². The molecule has 6 rings (SSSR count). The quantitative estimate of drug-likeness (QED) is 0.312. The molecule has 1 fully saturated rings. The first-order valence-electron chi connectivity index (χ1n) is 13.5. The van der Waals surface area contributed by atoms with Crippen molar-refractivity contribution in [3.8, 4) is 11.1 Å². The predicted octanol–water partition coefficient (Wildman–Crippen LogP) is 6.57. The summed E-state index contributed by atoms with van der Waals surface area (Å²) in [5.41, 5.74) is 4.52. The van der Waals surface area contributed by atoms with E-state index < -0.39 is 0 Å². The largest absolute Gasteiger partial charge is 0.352 e. The summed E-state index contributed by atoms with van der Waals surface area (Å²) in [5.74, 6) is 3.13. The van der Waals surface area contributed by atoms with E-state index in [1.807, 2.05) is 58.7 Å². The van der Waals surface area contributed by atoms with Crippen molar-refractivity contribution in [3.63, 3.8) is 0 Å². The lowest BCUT2D eigenvalue weighted by Crippen LogP contribution is -2.49. The minimum atomic E-state index is 0.108. The molecule has 1 unspecified atom stereocenters. The monoisotopic (exact) mass is 510 g/mol. The van der Waals surface area contributed by atoms with Crippen LogP contribution in [0.2, 0.25) is 0 Å². The Balaban J connectivity index is 1.22. The van der Waals surface area contributed by atoms with E-state index in [-0.39, 0.29) is 11.8 Å². The second-order valence-electron chi connectivity index (χ2n) is 10.8. The number of benzene rings is 2. The zero-order valence-corrected chi connectivity index (χ0v) is 22.7. The lowest BCUT2D eigenvalue weighted by atomic mass is 9.89. The van der Waals surface area contributed by atoms with Crippen molar-refractivity contribution in [2.75, 3.05) is 31.1 Å². The first-order chi connectivity index (χ1) is 18.0. The number of thiophene rings is 1. The zero-order chi connectivity index (χ0) is 25.5. The third-order valence-corrected chi connectivity index (χ3v) is 8.92. The van der Waals surface area contributed by atoms with E-state index in [1.165, 1.54) is 22.2 Å². The molecule has 4 aromatic rings. The molecule has 1 saturated heterocycles. The van der Waals surface area contributed by atoms with Crippen molar-refractivity contribution >= 4 is 33.3 Å². The molecule has 6 heteroatoms. The van der Waals surface area contributed by atoms with Gasteiger partial charge < -0.3 is 9.80 Å². The van der Waals surface area contributed by atoms with Gasteiger partial charge in [0.25, 0.3) is 5.91 Å². The second kappa shape index (κ2) is 9.90. The van der Waals surface area contributed by atoms with E-state index in [4.69, 9.17) is 9.97 Å². The fourth-order valence-electron chi connectivity index (χ4n) is 5.57. The smallest absolute Gasteiger partial charge is 0.253 e. The number of fused-ring (bicyclic) bond motifs is 3. The lowest BCUT2D eigenvalue weighted by molar-refractivity contribution is 0.0746. The highest BCUT2D eigenvalue weighted by Crippen LogP contribution is 2.41. The molecule has 1 amide bonds. The fourth-order valence-corrected chi connectivity index (χ4v) is 6.95.